The van der Waals surface area contributed by atoms with Crippen molar-refractivity contribution >= 4 is 11.6 Å². The van der Waals surface area contributed by atoms with Gasteiger partial charge in [0.05, 0.1) is 6.20 Å². The molecule has 2 aromatic heterocycles. The quantitative estimate of drug-likeness (QED) is 0.887. The molecule has 20 heavy (non-hydrogen) atoms. The van der Waals surface area contributed by atoms with E-state index in [1.165, 1.54) is 5.56 Å². The molecule has 0 spiro atoms. The summed E-state index contributed by atoms with van der Waals surface area (Å²) in [5.41, 5.74) is 6.91. The summed E-state index contributed by atoms with van der Waals surface area (Å²) in [6.45, 7) is 7.00. The zero-order valence-corrected chi connectivity index (χ0v) is 12.5. The minimum Gasteiger partial charge on any atom is -0.384 e. The second-order valence-corrected chi connectivity index (χ2v) is 5.95. The molecule has 0 aromatic carbocycles. The van der Waals surface area contributed by atoms with Gasteiger partial charge in [-0.1, -0.05) is 20.8 Å². The Bertz CT molecular complexity index is 582. The molecule has 108 valence electrons. The van der Waals surface area contributed by atoms with Crippen LogP contribution < -0.4 is 11.1 Å². The van der Waals surface area contributed by atoms with Crippen molar-refractivity contribution in [3.05, 3.63) is 29.8 Å². The third kappa shape index (κ3) is 3.69. The fraction of sp³-hybridized carbons (Fsp3) is 0.500. The van der Waals surface area contributed by atoms with E-state index in [4.69, 9.17) is 5.73 Å². The van der Waals surface area contributed by atoms with E-state index in [0.29, 0.717) is 5.82 Å². The zero-order valence-electron chi connectivity index (χ0n) is 12.5. The van der Waals surface area contributed by atoms with Crippen molar-refractivity contribution in [3.8, 4) is 0 Å². The van der Waals surface area contributed by atoms with Gasteiger partial charge in [0.25, 0.3) is 0 Å². The summed E-state index contributed by atoms with van der Waals surface area (Å²) in [6, 6.07) is 1.76. The van der Waals surface area contributed by atoms with E-state index in [1.54, 1.807) is 10.7 Å². The van der Waals surface area contributed by atoms with Crippen LogP contribution in [-0.2, 0) is 18.9 Å². The number of nitrogens with one attached hydrogen (secondary N) is 1. The summed E-state index contributed by atoms with van der Waals surface area (Å²) in [5.74, 6) is 2.02. The summed E-state index contributed by atoms with van der Waals surface area (Å²) in [7, 11) is 1.91. The van der Waals surface area contributed by atoms with E-state index >= 15 is 0 Å². The van der Waals surface area contributed by atoms with E-state index in [9.17, 15) is 0 Å². The normalized spacial score (nSPS) is 11.6. The second-order valence-electron chi connectivity index (χ2n) is 5.95. The Hall–Kier alpha value is -2.11. The van der Waals surface area contributed by atoms with E-state index in [0.717, 1.165) is 24.6 Å². The largest absolute Gasteiger partial charge is 0.384 e. The van der Waals surface area contributed by atoms with Gasteiger partial charge in [0, 0.05) is 31.3 Å². The standard InChI is InChI=1S/C14H22N6/c1-14(2,3)13-18-11(15)7-12(19-13)16-6-5-10-8-17-20(4)9-10/h7-9H,5-6H2,1-4H3,(H3,15,16,18,19). The Morgan fingerprint density at radius 3 is 2.65 bits per heavy atom. The lowest BCUT2D eigenvalue weighted by atomic mass is 9.96. The van der Waals surface area contributed by atoms with Gasteiger partial charge in [0.1, 0.15) is 17.5 Å². The van der Waals surface area contributed by atoms with Gasteiger partial charge in [0.15, 0.2) is 0 Å². The van der Waals surface area contributed by atoms with Gasteiger partial charge >= 0.3 is 0 Å². The van der Waals surface area contributed by atoms with Crippen LogP contribution in [-0.4, -0.2) is 26.3 Å². The van der Waals surface area contributed by atoms with Crippen LogP contribution in [0.4, 0.5) is 11.6 Å². The van der Waals surface area contributed by atoms with Gasteiger partial charge in [0.2, 0.25) is 0 Å². The van der Waals surface area contributed by atoms with Gasteiger partial charge in [-0.3, -0.25) is 4.68 Å². The maximum Gasteiger partial charge on any atom is 0.138 e. The third-order valence-corrected chi connectivity index (χ3v) is 2.89. The lowest BCUT2D eigenvalue weighted by molar-refractivity contribution is 0.547. The molecule has 0 aliphatic heterocycles. The fourth-order valence-corrected chi connectivity index (χ4v) is 1.83. The number of nitrogens with two attached hydrogens (primary N) is 1. The number of aryl methyl sites for hydroxylation is 1. The highest BCUT2D eigenvalue weighted by Gasteiger charge is 2.18. The molecule has 6 heteroatoms. The Morgan fingerprint density at radius 1 is 1.30 bits per heavy atom. The Kier molecular flexibility index (Phi) is 3.92. The third-order valence-electron chi connectivity index (χ3n) is 2.89. The number of hydrogen-bond donors (Lipinski definition) is 2. The van der Waals surface area contributed by atoms with E-state index in [1.807, 2.05) is 19.4 Å². The number of nitrogens with zero attached hydrogens (tertiary/aromatic N) is 4. The number of aromatic nitrogens is 4. The first kappa shape index (κ1) is 14.3. The van der Waals surface area contributed by atoms with Crippen LogP contribution >= 0.6 is 0 Å². The average Bonchev–Trinajstić information content (AvgIpc) is 2.73. The van der Waals surface area contributed by atoms with Crippen LogP contribution in [0.2, 0.25) is 0 Å². The van der Waals surface area contributed by atoms with Crippen LogP contribution in [0, 0.1) is 0 Å². The predicted molar refractivity (Wildman–Crippen MR) is 80.5 cm³/mol. The summed E-state index contributed by atoms with van der Waals surface area (Å²) < 4.78 is 1.80. The summed E-state index contributed by atoms with van der Waals surface area (Å²) in [4.78, 5) is 8.81. The van der Waals surface area contributed by atoms with Crippen molar-refractivity contribution in [2.75, 3.05) is 17.6 Å². The number of hydrogen-bond acceptors (Lipinski definition) is 5. The molecule has 0 fully saturated rings. The highest BCUT2D eigenvalue weighted by atomic mass is 15.2. The molecule has 0 saturated carbocycles. The Morgan fingerprint density at radius 2 is 2.05 bits per heavy atom. The van der Waals surface area contributed by atoms with Crippen LogP contribution in [0.1, 0.15) is 32.2 Å². The van der Waals surface area contributed by atoms with Crippen LogP contribution in [0.25, 0.3) is 0 Å². The Balaban J connectivity index is 2.00. The first-order valence-corrected chi connectivity index (χ1v) is 6.71. The van der Waals surface area contributed by atoms with Crippen molar-refractivity contribution in [2.24, 2.45) is 7.05 Å². The van der Waals surface area contributed by atoms with E-state index in [-0.39, 0.29) is 5.41 Å². The first-order chi connectivity index (χ1) is 9.34. The van der Waals surface area contributed by atoms with Crippen molar-refractivity contribution in [1.82, 2.24) is 19.7 Å². The van der Waals surface area contributed by atoms with E-state index in [2.05, 4.69) is 41.2 Å². The summed E-state index contributed by atoms with van der Waals surface area (Å²) in [5, 5.41) is 7.43. The van der Waals surface area contributed by atoms with Crippen molar-refractivity contribution in [2.45, 2.75) is 32.6 Å². The van der Waals surface area contributed by atoms with E-state index < -0.39 is 0 Å². The zero-order chi connectivity index (χ0) is 14.8. The molecule has 0 aliphatic rings. The lowest BCUT2D eigenvalue weighted by Crippen LogP contribution is -2.18. The molecular formula is C14H22N6. The molecule has 2 heterocycles. The summed E-state index contributed by atoms with van der Waals surface area (Å²) in [6.07, 6.45) is 4.77. The van der Waals surface area contributed by atoms with Crippen molar-refractivity contribution in [1.29, 1.82) is 0 Å². The lowest BCUT2D eigenvalue weighted by Gasteiger charge is -2.18. The molecule has 0 aliphatic carbocycles. The SMILES string of the molecule is Cn1cc(CCNc2cc(N)nc(C(C)(C)C)n2)cn1. The first-order valence-electron chi connectivity index (χ1n) is 6.71. The van der Waals surface area contributed by atoms with Gasteiger partial charge in [-0.15, -0.1) is 0 Å². The number of nitrogen functional groups attached to an aromatic ring is 1. The van der Waals surface area contributed by atoms with Gasteiger partial charge in [-0.05, 0) is 12.0 Å². The monoisotopic (exact) mass is 274 g/mol. The second kappa shape index (κ2) is 5.48. The molecular weight excluding hydrogens is 252 g/mol. The maximum absolute atomic E-state index is 5.84. The number of anilines is 2. The Labute approximate surface area is 119 Å². The topological polar surface area (TPSA) is 81.7 Å². The highest BCUT2D eigenvalue weighted by Crippen LogP contribution is 2.21. The molecule has 0 amide bonds. The fourth-order valence-electron chi connectivity index (χ4n) is 1.83. The van der Waals surface area contributed by atoms with Crippen LogP contribution in [0.3, 0.4) is 0 Å². The van der Waals surface area contributed by atoms with Crippen molar-refractivity contribution < 1.29 is 0 Å². The molecule has 0 unspecified atom stereocenters. The van der Waals surface area contributed by atoms with Gasteiger partial charge in [-0.2, -0.15) is 5.10 Å². The van der Waals surface area contributed by atoms with Crippen LogP contribution in [0.5, 0.6) is 0 Å². The molecule has 0 radical (unpaired) electrons. The predicted octanol–water partition coefficient (Wildman–Crippen LogP) is 1.74. The molecule has 0 atom stereocenters. The summed E-state index contributed by atoms with van der Waals surface area (Å²) >= 11 is 0. The number of rotatable bonds is 4. The molecule has 2 aromatic rings. The average molecular weight is 274 g/mol. The molecule has 0 bridgehead atoms. The van der Waals surface area contributed by atoms with Gasteiger partial charge < -0.3 is 11.1 Å². The molecule has 0 saturated heterocycles. The maximum atomic E-state index is 5.84. The molecule has 6 nitrogen and oxygen atoms in total. The van der Waals surface area contributed by atoms with Crippen LogP contribution in [0.15, 0.2) is 18.5 Å². The molecule has 2 rings (SSSR count). The highest BCUT2D eigenvalue weighted by molar-refractivity contribution is 5.45. The minimum absolute atomic E-state index is 0.116. The van der Waals surface area contributed by atoms with Gasteiger partial charge in [-0.25, -0.2) is 9.97 Å². The van der Waals surface area contributed by atoms with Crippen molar-refractivity contribution in [3.63, 3.8) is 0 Å². The smallest absolute Gasteiger partial charge is 0.138 e. The minimum atomic E-state index is -0.116. The molecule has 3 N–H and O–H groups in total.